The number of nitrogens with one attached hydrogen (secondary N) is 1. The van der Waals surface area contributed by atoms with E-state index in [0.29, 0.717) is 6.29 Å². The monoisotopic (exact) mass is 291 g/mol. The van der Waals surface area contributed by atoms with Crippen molar-refractivity contribution in [2.75, 3.05) is 5.32 Å². The zero-order valence-electron chi connectivity index (χ0n) is 12.7. The number of aldehydes is 1. The van der Waals surface area contributed by atoms with E-state index in [-0.39, 0.29) is 17.0 Å². The Morgan fingerprint density at radius 3 is 2.62 bits per heavy atom. The van der Waals surface area contributed by atoms with Crippen molar-refractivity contribution in [2.45, 2.75) is 52.1 Å². The molecule has 1 aliphatic carbocycles. The molecule has 1 aromatic rings. The molecule has 5 heteroatoms. The lowest BCUT2D eigenvalue weighted by Crippen LogP contribution is -2.27. The molecule has 1 aliphatic rings. The van der Waals surface area contributed by atoms with Gasteiger partial charge in [-0.2, -0.15) is 0 Å². The molecule has 0 aromatic heterocycles. The summed E-state index contributed by atoms with van der Waals surface area (Å²) < 4.78 is 5.16. The Balaban J connectivity index is 2.32. The fraction of sp³-hybridized carbons (Fsp3) is 0.500. The van der Waals surface area contributed by atoms with Gasteiger partial charge in [0.15, 0.2) is 6.29 Å². The average molecular weight is 291 g/mol. The number of carbonyl (C=O) groups is 2. The highest BCUT2D eigenvalue weighted by molar-refractivity contribution is 5.93. The summed E-state index contributed by atoms with van der Waals surface area (Å²) in [5.74, 6) is -0.184. The molecule has 0 saturated carbocycles. The van der Waals surface area contributed by atoms with Crippen molar-refractivity contribution in [3.05, 3.63) is 22.8 Å². The standard InChI is InChI=1S/C16H21NO4/c1-16(2,3)21-15(20)17-13-8-10-6-4-5-7-11(10)12(9-18)14(13)19/h8-9,19H,4-7H2,1-3H3,(H,17,20). The summed E-state index contributed by atoms with van der Waals surface area (Å²) >= 11 is 0. The third kappa shape index (κ3) is 3.54. The number of rotatable bonds is 2. The molecule has 0 fully saturated rings. The quantitative estimate of drug-likeness (QED) is 0.646. The van der Waals surface area contributed by atoms with Gasteiger partial charge in [-0.3, -0.25) is 10.1 Å². The van der Waals surface area contributed by atoms with Crippen LogP contribution in [-0.2, 0) is 17.6 Å². The normalized spacial score (nSPS) is 14.2. The Labute approximate surface area is 124 Å². The van der Waals surface area contributed by atoms with Crippen LogP contribution in [0.15, 0.2) is 6.07 Å². The zero-order chi connectivity index (χ0) is 15.6. The minimum Gasteiger partial charge on any atom is -0.505 e. The highest BCUT2D eigenvalue weighted by Crippen LogP contribution is 2.36. The maximum atomic E-state index is 11.8. The van der Waals surface area contributed by atoms with Crippen LogP contribution in [0.3, 0.4) is 0 Å². The van der Waals surface area contributed by atoms with Crippen LogP contribution in [0, 0.1) is 0 Å². The molecule has 5 nitrogen and oxygen atoms in total. The van der Waals surface area contributed by atoms with E-state index in [4.69, 9.17) is 4.74 Å². The van der Waals surface area contributed by atoms with Crippen LogP contribution in [0.2, 0.25) is 0 Å². The number of phenols is 1. The van der Waals surface area contributed by atoms with Gasteiger partial charge in [0.2, 0.25) is 0 Å². The Morgan fingerprint density at radius 2 is 2.00 bits per heavy atom. The lowest BCUT2D eigenvalue weighted by molar-refractivity contribution is 0.0635. The first kappa shape index (κ1) is 15.4. The molecule has 0 saturated heterocycles. The SMILES string of the molecule is CC(C)(C)OC(=O)Nc1cc2c(c(C=O)c1O)CCCC2. The van der Waals surface area contributed by atoms with E-state index >= 15 is 0 Å². The second-order valence-electron chi connectivity index (χ2n) is 6.28. The number of carbonyl (C=O) groups excluding carboxylic acids is 2. The second kappa shape index (κ2) is 5.76. The summed E-state index contributed by atoms with van der Waals surface area (Å²) in [6, 6.07) is 1.74. The van der Waals surface area contributed by atoms with Crippen LogP contribution in [0.1, 0.15) is 55.1 Å². The van der Waals surface area contributed by atoms with Gasteiger partial charge in [0, 0.05) is 0 Å². The first-order valence-corrected chi connectivity index (χ1v) is 7.14. The van der Waals surface area contributed by atoms with E-state index in [1.807, 2.05) is 0 Å². The van der Waals surface area contributed by atoms with Crippen LogP contribution < -0.4 is 5.32 Å². The van der Waals surface area contributed by atoms with Crippen LogP contribution in [0.25, 0.3) is 0 Å². The molecule has 1 amide bonds. The Morgan fingerprint density at radius 1 is 1.33 bits per heavy atom. The van der Waals surface area contributed by atoms with Gasteiger partial charge in [-0.25, -0.2) is 4.79 Å². The highest BCUT2D eigenvalue weighted by atomic mass is 16.6. The molecule has 0 spiro atoms. The summed E-state index contributed by atoms with van der Waals surface area (Å²) in [7, 11) is 0. The van der Waals surface area contributed by atoms with Gasteiger partial charge in [-0.1, -0.05) is 0 Å². The molecule has 0 bridgehead atoms. The zero-order valence-corrected chi connectivity index (χ0v) is 12.7. The van der Waals surface area contributed by atoms with Crippen LogP contribution in [-0.4, -0.2) is 23.1 Å². The predicted molar refractivity (Wildman–Crippen MR) is 80.0 cm³/mol. The third-order valence-corrected chi connectivity index (χ3v) is 3.42. The van der Waals surface area contributed by atoms with Crippen molar-refractivity contribution in [1.82, 2.24) is 0 Å². The van der Waals surface area contributed by atoms with Crippen LogP contribution in [0.5, 0.6) is 5.75 Å². The van der Waals surface area contributed by atoms with E-state index in [0.717, 1.165) is 36.8 Å². The number of ether oxygens (including phenoxy) is 1. The minimum atomic E-state index is -0.648. The number of hydrogen-bond donors (Lipinski definition) is 2. The summed E-state index contributed by atoms with van der Waals surface area (Å²) in [6.45, 7) is 5.28. The van der Waals surface area contributed by atoms with Crippen molar-refractivity contribution >= 4 is 18.1 Å². The average Bonchev–Trinajstić information content (AvgIpc) is 2.37. The number of anilines is 1. The van der Waals surface area contributed by atoms with Crippen molar-refractivity contribution in [3.8, 4) is 5.75 Å². The largest absolute Gasteiger partial charge is 0.505 e. The minimum absolute atomic E-state index is 0.184. The van der Waals surface area contributed by atoms with Gasteiger partial charge < -0.3 is 9.84 Å². The van der Waals surface area contributed by atoms with Crippen molar-refractivity contribution in [2.24, 2.45) is 0 Å². The van der Waals surface area contributed by atoms with Gasteiger partial charge in [0.05, 0.1) is 11.3 Å². The molecule has 0 radical (unpaired) electrons. The van der Waals surface area contributed by atoms with Gasteiger partial charge in [0.1, 0.15) is 11.4 Å². The molecule has 21 heavy (non-hydrogen) atoms. The van der Waals surface area contributed by atoms with E-state index in [9.17, 15) is 14.7 Å². The Hall–Kier alpha value is -2.04. The number of aromatic hydroxyl groups is 1. The smallest absolute Gasteiger partial charge is 0.412 e. The van der Waals surface area contributed by atoms with Crippen molar-refractivity contribution < 1.29 is 19.4 Å². The number of hydrogen-bond acceptors (Lipinski definition) is 4. The number of benzene rings is 1. The molecule has 2 rings (SSSR count). The molecule has 1 aromatic carbocycles. The first-order chi connectivity index (χ1) is 9.81. The molecule has 0 heterocycles. The predicted octanol–water partition coefficient (Wildman–Crippen LogP) is 3.43. The molecule has 0 unspecified atom stereocenters. The van der Waals surface area contributed by atoms with E-state index in [2.05, 4.69) is 5.32 Å². The Bertz CT molecular complexity index is 573. The molecular formula is C16H21NO4. The van der Waals surface area contributed by atoms with Crippen molar-refractivity contribution in [1.29, 1.82) is 0 Å². The van der Waals surface area contributed by atoms with Crippen LogP contribution in [0.4, 0.5) is 10.5 Å². The number of aryl methyl sites for hydroxylation is 1. The molecule has 114 valence electrons. The molecule has 0 aliphatic heterocycles. The third-order valence-electron chi connectivity index (χ3n) is 3.42. The van der Waals surface area contributed by atoms with Gasteiger partial charge in [-0.15, -0.1) is 0 Å². The lowest BCUT2D eigenvalue weighted by atomic mass is 9.87. The Kier molecular flexibility index (Phi) is 4.21. The van der Waals surface area contributed by atoms with Gasteiger partial charge in [-0.05, 0) is 63.6 Å². The van der Waals surface area contributed by atoms with E-state index in [1.165, 1.54) is 0 Å². The van der Waals surface area contributed by atoms with E-state index < -0.39 is 11.7 Å². The van der Waals surface area contributed by atoms with Gasteiger partial charge in [0.25, 0.3) is 0 Å². The number of amides is 1. The maximum Gasteiger partial charge on any atom is 0.412 e. The topological polar surface area (TPSA) is 75.6 Å². The first-order valence-electron chi connectivity index (χ1n) is 7.14. The number of phenolic OH excluding ortho intramolecular Hbond substituents is 1. The maximum absolute atomic E-state index is 11.8. The summed E-state index contributed by atoms with van der Waals surface area (Å²) in [4.78, 5) is 23.1. The fourth-order valence-corrected chi connectivity index (χ4v) is 2.56. The highest BCUT2D eigenvalue weighted by Gasteiger charge is 2.22. The van der Waals surface area contributed by atoms with Gasteiger partial charge >= 0.3 is 6.09 Å². The van der Waals surface area contributed by atoms with Crippen LogP contribution >= 0.6 is 0 Å². The molecule has 2 N–H and O–H groups in total. The summed E-state index contributed by atoms with van der Waals surface area (Å²) in [6.07, 6.45) is 3.68. The lowest BCUT2D eigenvalue weighted by Gasteiger charge is -2.22. The van der Waals surface area contributed by atoms with E-state index in [1.54, 1.807) is 26.8 Å². The summed E-state index contributed by atoms with van der Waals surface area (Å²) in [5.41, 5.74) is 1.78. The summed E-state index contributed by atoms with van der Waals surface area (Å²) in [5, 5.41) is 12.7. The molecular weight excluding hydrogens is 270 g/mol. The molecule has 0 atom stereocenters. The second-order valence-corrected chi connectivity index (χ2v) is 6.28. The number of fused-ring (bicyclic) bond motifs is 1. The van der Waals surface area contributed by atoms with Crippen molar-refractivity contribution in [3.63, 3.8) is 0 Å². The fourth-order valence-electron chi connectivity index (χ4n) is 2.56.